The summed E-state index contributed by atoms with van der Waals surface area (Å²) < 4.78 is 30.0. The second-order valence-corrected chi connectivity index (χ2v) is 4.25. The molecule has 1 aromatic rings. The van der Waals surface area contributed by atoms with E-state index in [1.54, 1.807) is 29.5 Å². The quantitative estimate of drug-likeness (QED) is 0.663. The Hall–Kier alpha value is -0.990. The summed E-state index contributed by atoms with van der Waals surface area (Å²) in [6.45, 7) is 1.85. The van der Waals surface area contributed by atoms with Gasteiger partial charge < -0.3 is 9.72 Å². The molecular weight excluding hydrogens is 347 g/mol. The van der Waals surface area contributed by atoms with Crippen LogP contribution in [0.4, 0.5) is 8.78 Å². The van der Waals surface area contributed by atoms with Gasteiger partial charge in [0.05, 0.1) is 18.7 Å². The molecule has 0 atom stereocenters. The third-order valence-electron chi connectivity index (χ3n) is 1.94. The molecule has 7 heteroatoms. The highest BCUT2D eigenvalue weighted by atomic mass is 127. The lowest BCUT2D eigenvalue weighted by molar-refractivity contribution is -0.142. The van der Waals surface area contributed by atoms with E-state index in [4.69, 9.17) is 4.74 Å². The summed E-state index contributed by atoms with van der Waals surface area (Å²) in [4.78, 5) is 24.5. The second kappa shape index (κ2) is 6.08. The fourth-order valence-corrected chi connectivity index (χ4v) is 1.98. The Balaban J connectivity index is 3.08. The van der Waals surface area contributed by atoms with Crippen LogP contribution in [0.15, 0.2) is 10.9 Å². The molecular formula is C10H10F2INO3. The number of esters is 1. The highest BCUT2D eigenvalue weighted by molar-refractivity contribution is 14.1. The lowest BCUT2D eigenvalue weighted by Gasteiger charge is -2.08. The average Bonchev–Trinajstić information content (AvgIpc) is 2.22. The molecule has 0 saturated carbocycles. The van der Waals surface area contributed by atoms with Gasteiger partial charge in [-0.2, -0.15) is 0 Å². The zero-order valence-electron chi connectivity index (χ0n) is 8.93. The molecule has 1 heterocycles. The van der Waals surface area contributed by atoms with Crippen molar-refractivity contribution in [3.8, 4) is 0 Å². The normalized spacial score (nSPS) is 10.6. The monoisotopic (exact) mass is 357 g/mol. The molecule has 0 aromatic carbocycles. The number of rotatable bonds is 4. The Morgan fingerprint density at radius 1 is 1.59 bits per heavy atom. The summed E-state index contributed by atoms with van der Waals surface area (Å²) >= 11 is 1.68. The minimum absolute atomic E-state index is 0.185. The number of halogens is 3. The number of ether oxygens (including phenoxy) is 1. The Labute approximate surface area is 110 Å². The van der Waals surface area contributed by atoms with E-state index < -0.39 is 23.6 Å². The number of alkyl halides is 2. The van der Waals surface area contributed by atoms with Crippen molar-refractivity contribution in [2.75, 3.05) is 6.61 Å². The van der Waals surface area contributed by atoms with Crippen molar-refractivity contribution in [2.45, 2.75) is 19.8 Å². The van der Waals surface area contributed by atoms with Gasteiger partial charge in [-0.3, -0.25) is 9.59 Å². The molecule has 94 valence electrons. The van der Waals surface area contributed by atoms with Gasteiger partial charge in [0.15, 0.2) is 0 Å². The van der Waals surface area contributed by atoms with Gasteiger partial charge in [-0.15, -0.1) is 0 Å². The van der Waals surface area contributed by atoms with Crippen LogP contribution in [0.1, 0.15) is 24.6 Å². The van der Waals surface area contributed by atoms with Crippen molar-refractivity contribution >= 4 is 28.6 Å². The Morgan fingerprint density at radius 2 is 2.24 bits per heavy atom. The molecule has 4 nitrogen and oxygen atoms in total. The van der Waals surface area contributed by atoms with E-state index in [1.165, 1.54) is 0 Å². The molecule has 17 heavy (non-hydrogen) atoms. The van der Waals surface area contributed by atoms with Crippen LogP contribution in [0.3, 0.4) is 0 Å². The lowest BCUT2D eigenvalue weighted by atomic mass is 10.1. The first kappa shape index (κ1) is 14.1. The summed E-state index contributed by atoms with van der Waals surface area (Å²) in [5.41, 5.74) is -0.861. The third kappa shape index (κ3) is 3.76. The first-order valence-corrected chi connectivity index (χ1v) is 5.89. The maximum absolute atomic E-state index is 12.6. The number of hydrogen-bond acceptors (Lipinski definition) is 3. The van der Waals surface area contributed by atoms with E-state index in [2.05, 4.69) is 4.98 Å². The van der Waals surface area contributed by atoms with Gasteiger partial charge in [-0.05, 0) is 35.1 Å². The van der Waals surface area contributed by atoms with Crippen LogP contribution in [-0.4, -0.2) is 17.6 Å². The second-order valence-electron chi connectivity index (χ2n) is 3.17. The minimum Gasteiger partial charge on any atom is -0.466 e. The van der Waals surface area contributed by atoms with Crippen LogP contribution in [0, 0.1) is 3.57 Å². The van der Waals surface area contributed by atoms with Crippen molar-refractivity contribution in [2.24, 2.45) is 0 Å². The number of carbonyl (C=O) groups excluding carboxylic acids is 1. The summed E-state index contributed by atoms with van der Waals surface area (Å²) in [6, 6.07) is 1.13. The fraction of sp³-hybridized carbons (Fsp3) is 0.400. The zero-order chi connectivity index (χ0) is 13.0. The molecule has 0 aliphatic carbocycles. The van der Waals surface area contributed by atoms with Gasteiger partial charge in [-0.25, -0.2) is 8.78 Å². The van der Waals surface area contributed by atoms with Crippen LogP contribution in [0.5, 0.6) is 0 Å². The molecule has 0 aliphatic heterocycles. The van der Waals surface area contributed by atoms with E-state index >= 15 is 0 Å². The molecule has 0 radical (unpaired) electrons. The van der Waals surface area contributed by atoms with Crippen molar-refractivity contribution in [1.29, 1.82) is 0 Å². The van der Waals surface area contributed by atoms with Crippen LogP contribution in [0.2, 0.25) is 0 Å². The summed E-state index contributed by atoms with van der Waals surface area (Å²) in [5, 5.41) is 0. The molecule has 1 aromatic heterocycles. The molecule has 0 aliphatic rings. The number of pyridine rings is 1. The Kier molecular flexibility index (Phi) is 5.03. The molecule has 1 rings (SSSR count). The number of hydrogen-bond donors (Lipinski definition) is 1. The first-order chi connectivity index (χ1) is 7.95. The fourth-order valence-electron chi connectivity index (χ4n) is 1.26. The summed E-state index contributed by atoms with van der Waals surface area (Å²) in [7, 11) is 0. The molecule has 1 N–H and O–H groups in total. The number of aromatic amines is 1. The third-order valence-corrected chi connectivity index (χ3v) is 3.21. The topological polar surface area (TPSA) is 59.2 Å². The molecule has 0 saturated heterocycles. The first-order valence-electron chi connectivity index (χ1n) is 4.81. The highest BCUT2D eigenvalue weighted by Gasteiger charge is 2.18. The van der Waals surface area contributed by atoms with Crippen molar-refractivity contribution in [3.63, 3.8) is 0 Å². The standard InChI is InChI=1S/C10H10F2INO3/c1-2-17-7(16)4-5-3-6(15)14-9(8(5)13)10(11)12/h3,10H,2,4H2,1H3,(H,14,15). The number of nitrogens with one attached hydrogen (secondary N) is 1. The van der Waals surface area contributed by atoms with Gasteiger partial charge in [0.1, 0.15) is 0 Å². The van der Waals surface area contributed by atoms with Gasteiger partial charge in [0, 0.05) is 9.64 Å². The van der Waals surface area contributed by atoms with Crippen LogP contribution in [-0.2, 0) is 16.0 Å². The molecule has 0 fully saturated rings. The van der Waals surface area contributed by atoms with Gasteiger partial charge in [-0.1, -0.05) is 0 Å². The number of H-pyrrole nitrogens is 1. The van der Waals surface area contributed by atoms with E-state index in [1.807, 2.05) is 0 Å². The van der Waals surface area contributed by atoms with Crippen LogP contribution in [0.25, 0.3) is 0 Å². The predicted molar refractivity (Wildman–Crippen MR) is 65.1 cm³/mol. The van der Waals surface area contributed by atoms with Gasteiger partial charge >= 0.3 is 5.97 Å². The van der Waals surface area contributed by atoms with Crippen molar-refractivity contribution in [3.05, 3.63) is 31.2 Å². The van der Waals surface area contributed by atoms with E-state index in [-0.39, 0.29) is 22.2 Å². The smallest absolute Gasteiger partial charge is 0.310 e. The van der Waals surface area contributed by atoms with E-state index in [0.717, 1.165) is 6.07 Å². The average molecular weight is 357 g/mol. The summed E-state index contributed by atoms with van der Waals surface area (Å²) in [5.74, 6) is -0.545. The van der Waals surface area contributed by atoms with E-state index in [9.17, 15) is 18.4 Å². The molecule has 0 bridgehead atoms. The Morgan fingerprint density at radius 3 is 2.76 bits per heavy atom. The molecule has 0 unspecified atom stereocenters. The largest absolute Gasteiger partial charge is 0.466 e. The maximum Gasteiger partial charge on any atom is 0.310 e. The SMILES string of the molecule is CCOC(=O)Cc1cc(=O)[nH]c(C(F)F)c1I. The van der Waals surface area contributed by atoms with E-state index in [0.29, 0.717) is 0 Å². The Bertz CT molecular complexity index is 473. The van der Waals surface area contributed by atoms with Crippen molar-refractivity contribution in [1.82, 2.24) is 4.98 Å². The van der Waals surface area contributed by atoms with Crippen molar-refractivity contribution < 1.29 is 18.3 Å². The number of aromatic nitrogens is 1. The molecule has 0 spiro atoms. The van der Waals surface area contributed by atoms with Gasteiger partial charge in [0.2, 0.25) is 5.56 Å². The predicted octanol–water partition coefficient (Wildman–Crippen LogP) is 2.02. The minimum atomic E-state index is -2.78. The van der Waals surface area contributed by atoms with Gasteiger partial charge in [0.25, 0.3) is 6.43 Å². The van der Waals surface area contributed by atoms with Crippen LogP contribution < -0.4 is 5.56 Å². The number of carbonyl (C=O) groups is 1. The zero-order valence-corrected chi connectivity index (χ0v) is 11.1. The van der Waals surface area contributed by atoms with Crippen LogP contribution >= 0.6 is 22.6 Å². The lowest BCUT2D eigenvalue weighted by Crippen LogP contribution is -2.16. The summed E-state index contributed by atoms with van der Waals surface area (Å²) in [6.07, 6.45) is -2.97. The highest BCUT2D eigenvalue weighted by Crippen LogP contribution is 2.23. The maximum atomic E-state index is 12.6. The molecule has 0 amide bonds.